The molecule has 22 heavy (non-hydrogen) atoms. The number of nitrogens with zero attached hydrogens (tertiary/aromatic N) is 2. The summed E-state index contributed by atoms with van der Waals surface area (Å²) in [6, 6.07) is 16.4. The lowest BCUT2D eigenvalue weighted by Crippen LogP contribution is -1.92. The molecule has 5 heteroatoms. The van der Waals surface area contributed by atoms with Crippen molar-refractivity contribution in [1.29, 1.82) is 0 Å². The highest BCUT2D eigenvalue weighted by atomic mass is 35.5. The summed E-state index contributed by atoms with van der Waals surface area (Å²) in [7, 11) is 2.10. The lowest BCUT2D eigenvalue weighted by atomic mass is 10.1. The van der Waals surface area contributed by atoms with Crippen LogP contribution in [-0.2, 0) is 13.5 Å². The van der Waals surface area contributed by atoms with Gasteiger partial charge in [-0.2, -0.15) is 0 Å². The minimum absolute atomic E-state index is 0.767. The topological polar surface area (TPSA) is 9.34 Å². The van der Waals surface area contributed by atoms with Crippen molar-refractivity contribution in [2.75, 3.05) is 0 Å². The molecule has 0 fully saturated rings. The molecule has 110 valence electrons. The van der Waals surface area contributed by atoms with E-state index in [-0.39, 0.29) is 0 Å². The summed E-state index contributed by atoms with van der Waals surface area (Å²) in [6.07, 6.45) is 0.867. The second kappa shape index (κ2) is 5.23. The Kier molecular flexibility index (Phi) is 3.33. The maximum Gasteiger partial charge on any atom is 0.167 e. The number of fused-ring (bicyclic) bond motifs is 3. The van der Waals surface area contributed by atoms with Crippen molar-refractivity contribution in [2.45, 2.75) is 6.42 Å². The van der Waals surface area contributed by atoms with Crippen LogP contribution in [0.4, 0.5) is 0 Å². The van der Waals surface area contributed by atoms with E-state index in [1.807, 2.05) is 12.1 Å². The molecule has 0 amide bonds. The molecule has 0 N–H and O–H groups in total. The van der Waals surface area contributed by atoms with Crippen molar-refractivity contribution in [3.63, 3.8) is 0 Å². The Balaban J connectivity index is 1.95. The maximum absolute atomic E-state index is 5.97. The van der Waals surface area contributed by atoms with Gasteiger partial charge in [-0.25, -0.2) is 0 Å². The summed E-state index contributed by atoms with van der Waals surface area (Å²) < 4.78 is 5.31. The summed E-state index contributed by atoms with van der Waals surface area (Å²) >= 11 is 13.3. The molecule has 0 bridgehead atoms. The molecule has 0 saturated carbocycles. The highest BCUT2D eigenvalue weighted by molar-refractivity contribution is 7.73. The molecule has 0 unspecified atom stereocenters. The zero-order chi connectivity index (χ0) is 15.3. The molecule has 0 aliphatic heterocycles. The normalized spacial score (nSPS) is 11.5. The number of aromatic nitrogens is 2. The van der Waals surface area contributed by atoms with Crippen LogP contribution in [0.1, 0.15) is 10.4 Å². The minimum Gasteiger partial charge on any atom is -0.328 e. The van der Waals surface area contributed by atoms with Crippen molar-refractivity contribution < 1.29 is 0 Å². The SMILES string of the molecule is Cn1c2ccccc2n2c(=S)sc(Cc3ccc(Cl)cc3)c12. The number of para-hydroxylation sites is 2. The van der Waals surface area contributed by atoms with Gasteiger partial charge in [0.15, 0.2) is 3.95 Å². The van der Waals surface area contributed by atoms with Gasteiger partial charge in [0.2, 0.25) is 0 Å². The average molecular weight is 345 g/mol. The van der Waals surface area contributed by atoms with Gasteiger partial charge in [-0.15, -0.1) is 11.3 Å². The van der Waals surface area contributed by atoms with Crippen molar-refractivity contribution in [3.05, 3.63) is 67.9 Å². The number of thiazole rings is 1. The van der Waals surface area contributed by atoms with E-state index in [4.69, 9.17) is 23.8 Å². The van der Waals surface area contributed by atoms with Crippen LogP contribution in [0.25, 0.3) is 16.7 Å². The number of hydrogen-bond donors (Lipinski definition) is 0. The molecular weight excluding hydrogens is 332 g/mol. The molecule has 4 aromatic rings. The largest absolute Gasteiger partial charge is 0.328 e. The van der Waals surface area contributed by atoms with Crippen LogP contribution >= 0.6 is 35.2 Å². The third-order valence-electron chi connectivity index (χ3n) is 3.93. The second-order valence-corrected chi connectivity index (χ2v) is 7.47. The van der Waals surface area contributed by atoms with Crippen LogP contribution in [0.2, 0.25) is 5.02 Å². The minimum atomic E-state index is 0.767. The highest BCUT2D eigenvalue weighted by Crippen LogP contribution is 2.29. The van der Waals surface area contributed by atoms with Crippen LogP contribution in [0.15, 0.2) is 48.5 Å². The standard InChI is InChI=1S/C17H13ClN2S2/c1-19-13-4-2-3-5-14(13)20-16(19)15(22-17(20)21)10-11-6-8-12(18)9-7-11/h2-9H,10H2,1H3. The number of imidazole rings is 1. The Morgan fingerprint density at radius 3 is 2.45 bits per heavy atom. The Morgan fingerprint density at radius 2 is 1.73 bits per heavy atom. The van der Waals surface area contributed by atoms with E-state index in [2.05, 4.69) is 52.4 Å². The molecule has 4 rings (SSSR count). The first kappa shape index (κ1) is 14.0. The molecule has 2 aromatic heterocycles. The van der Waals surface area contributed by atoms with Crippen LogP contribution in [0, 0.1) is 3.95 Å². The van der Waals surface area contributed by atoms with Crippen LogP contribution in [-0.4, -0.2) is 8.97 Å². The molecule has 0 saturated heterocycles. The fourth-order valence-corrected chi connectivity index (χ4v) is 4.57. The predicted octanol–water partition coefficient (Wildman–Crippen LogP) is 5.47. The summed E-state index contributed by atoms with van der Waals surface area (Å²) in [5, 5.41) is 0.767. The number of hydrogen-bond acceptors (Lipinski definition) is 2. The van der Waals surface area contributed by atoms with Crippen LogP contribution in [0.5, 0.6) is 0 Å². The lowest BCUT2D eigenvalue weighted by Gasteiger charge is -2.01. The quantitative estimate of drug-likeness (QED) is 0.438. The van der Waals surface area contributed by atoms with Crippen LogP contribution < -0.4 is 0 Å². The fourth-order valence-electron chi connectivity index (χ4n) is 2.91. The van der Waals surface area contributed by atoms with Gasteiger partial charge < -0.3 is 4.57 Å². The molecular formula is C17H13ClN2S2. The van der Waals surface area contributed by atoms with E-state index in [0.29, 0.717) is 0 Å². The Labute approximate surface area is 142 Å². The average Bonchev–Trinajstić information content (AvgIpc) is 3.00. The van der Waals surface area contributed by atoms with E-state index >= 15 is 0 Å². The van der Waals surface area contributed by atoms with Gasteiger partial charge in [-0.05, 0) is 42.0 Å². The molecule has 0 atom stereocenters. The van der Waals surface area contributed by atoms with Gasteiger partial charge in [0, 0.05) is 18.5 Å². The maximum atomic E-state index is 5.97. The Morgan fingerprint density at radius 1 is 1.05 bits per heavy atom. The smallest absolute Gasteiger partial charge is 0.167 e. The van der Waals surface area contributed by atoms with Crippen molar-refractivity contribution >= 4 is 51.8 Å². The van der Waals surface area contributed by atoms with Gasteiger partial charge >= 0.3 is 0 Å². The fraction of sp³-hybridized carbons (Fsp3) is 0.118. The van der Waals surface area contributed by atoms with Gasteiger partial charge in [-0.1, -0.05) is 35.9 Å². The first-order valence-electron chi connectivity index (χ1n) is 6.97. The predicted molar refractivity (Wildman–Crippen MR) is 96.8 cm³/mol. The lowest BCUT2D eigenvalue weighted by molar-refractivity contribution is 0.980. The number of aryl methyl sites for hydroxylation is 1. The molecule has 0 radical (unpaired) electrons. The summed E-state index contributed by atoms with van der Waals surface area (Å²) in [6.45, 7) is 0. The molecule has 2 heterocycles. The summed E-state index contributed by atoms with van der Waals surface area (Å²) in [4.78, 5) is 1.28. The zero-order valence-corrected chi connectivity index (χ0v) is 14.3. The Hall–Kier alpha value is -1.62. The van der Waals surface area contributed by atoms with Crippen LogP contribution in [0.3, 0.4) is 0 Å². The van der Waals surface area contributed by atoms with Gasteiger partial charge in [0.1, 0.15) is 5.65 Å². The first-order chi connectivity index (χ1) is 10.6. The zero-order valence-electron chi connectivity index (χ0n) is 11.9. The monoisotopic (exact) mass is 344 g/mol. The number of halogens is 1. The molecule has 0 aliphatic carbocycles. The van der Waals surface area contributed by atoms with E-state index < -0.39 is 0 Å². The molecule has 0 aliphatic rings. The van der Waals surface area contributed by atoms with Gasteiger partial charge in [0.25, 0.3) is 0 Å². The highest BCUT2D eigenvalue weighted by Gasteiger charge is 2.15. The van der Waals surface area contributed by atoms with Crippen molar-refractivity contribution in [1.82, 2.24) is 8.97 Å². The Bertz CT molecular complexity index is 1040. The molecule has 2 aromatic carbocycles. The van der Waals surface area contributed by atoms with E-state index in [9.17, 15) is 0 Å². The number of benzene rings is 2. The van der Waals surface area contributed by atoms with E-state index in [1.165, 1.54) is 27.1 Å². The third kappa shape index (κ3) is 2.10. The summed E-state index contributed by atoms with van der Waals surface area (Å²) in [5.41, 5.74) is 4.80. The molecule has 2 nitrogen and oxygen atoms in total. The number of rotatable bonds is 2. The van der Waals surface area contributed by atoms with Gasteiger partial charge in [0.05, 0.1) is 15.9 Å². The molecule has 0 spiro atoms. The third-order valence-corrected chi connectivity index (χ3v) is 5.55. The van der Waals surface area contributed by atoms with E-state index in [0.717, 1.165) is 15.4 Å². The first-order valence-corrected chi connectivity index (χ1v) is 8.58. The van der Waals surface area contributed by atoms with E-state index in [1.54, 1.807) is 11.3 Å². The second-order valence-electron chi connectivity index (χ2n) is 5.30. The summed E-state index contributed by atoms with van der Waals surface area (Å²) in [5.74, 6) is 0. The van der Waals surface area contributed by atoms with Crippen molar-refractivity contribution in [2.24, 2.45) is 7.05 Å². The van der Waals surface area contributed by atoms with Gasteiger partial charge in [-0.3, -0.25) is 4.40 Å². The van der Waals surface area contributed by atoms with Crippen molar-refractivity contribution in [3.8, 4) is 0 Å².